The van der Waals surface area contributed by atoms with Crippen molar-refractivity contribution in [2.75, 3.05) is 43.1 Å². The van der Waals surface area contributed by atoms with E-state index in [-0.39, 0.29) is 11.7 Å². The van der Waals surface area contributed by atoms with Gasteiger partial charge in [-0.2, -0.15) is 0 Å². The first kappa shape index (κ1) is 25.2. The molecule has 3 aromatic carbocycles. The summed E-state index contributed by atoms with van der Waals surface area (Å²) < 4.78 is 11.3. The minimum atomic E-state index is -0.0663. The van der Waals surface area contributed by atoms with E-state index in [1.54, 1.807) is 21.0 Å². The van der Waals surface area contributed by atoms with Gasteiger partial charge in [-0.05, 0) is 73.5 Å². The summed E-state index contributed by atoms with van der Waals surface area (Å²) in [5.41, 5.74) is 4.65. The zero-order valence-electron chi connectivity index (χ0n) is 21.4. The largest absolute Gasteiger partial charge is 0.497 e. The van der Waals surface area contributed by atoms with Crippen molar-refractivity contribution >= 4 is 17.2 Å². The van der Waals surface area contributed by atoms with E-state index in [9.17, 15) is 4.79 Å². The maximum Gasteiger partial charge on any atom is 0.131 e. The van der Waals surface area contributed by atoms with Crippen LogP contribution in [-0.2, 0) is 11.4 Å². The van der Waals surface area contributed by atoms with Crippen molar-refractivity contribution in [3.8, 4) is 23.3 Å². The lowest BCUT2D eigenvalue weighted by Crippen LogP contribution is -2.46. The van der Waals surface area contributed by atoms with E-state index in [1.165, 1.54) is 11.4 Å². The fourth-order valence-electron chi connectivity index (χ4n) is 4.54. The summed E-state index contributed by atoms with van der Waals surface area (Å²) in [6.07, 6.45) is 0.433. The monoisotopic (exact) mass is 482 g/mol. The molecule has 1 aliphatic heterocycles. The molecule has 1 fully saturated rings. The second-order valence-electron chi connectivity index (χ2n) is 9.05. The molecular weight excluding hydrogens is 448 g/mol. The van der Waals surface area contributed by atoms with Crippen molar-refractivity contribution in [1.82, 2.24) is 0 Å². The molecule has 0 saturated carbocycles. The van der Waals surface area contributed by atoms with Gasteiger partial charge in [0.15, 0.2) is 0 Å². The van der Waals surface area contributed by atoms with E-state index < -0.39 is 0 Å². The Balaban J connectivity index is 1.32. The van der Waals surface area contributed by atoms with Gasteiger partial charge in [0.1, 0.15) is 23.9 Å². The number of ether oxygens (including phenoxy) is 2. The van der Waals surface area contributed by atoms with E-state index in [0.717, 1.165) is 48.8 Å². The van der Waals surface area contributed by atoms with Gasteiger partial charge in [-0.1, -0.05) is 30.2 Å². The molecule has 0 radical (unpaired) electrons. The third kappa shape index (κ3) is 6.60. The van der Waals surface area contributed by atoms with Crippen LogP contribution >= 0.6 is 0 Å². The number of carbonyl (C=O) groups excluding carboxylic acids is 1. The number of anilines is 2. The summed E-state index contributed by atoms with van der Waals surface area (Å²) >= 11 is 0. The minimum absolute atomic E-state index is 0.0663. The SMILES string of the molecule is CC#C[C@@H](CC(C)=O)c1ccc(OCc2cccc(N3CCN(c4ccc(OC)cc4)CC3)c2)cc1. The van der Waals surface area contributed by atoms with Crippen LogP contribution < -0.4 is 19.3 Å². The molecule has 0 amide bonds. The Bertz CT molecular complexity index is 1200. The summed E-state index contributed by atoms with van der Waals surface area (Å²) in [6, 6.07) is 24.8. The fraction of sp³-hybridized carbons (Fsp3) is 0.323. The summed E-state index contributed by atoms with van der Waals surface area (Å²) in [6.45, 7) is 7.82. The highest BCUT2D eigenvalue weighted by atomic mass is 16.5. The molecule has 0 N–H and O–H groups in total. The third-order valence-electron chi connectivity index (χ3n) is 6.49. The molecule has 0 spiro atoms. The average molecular weight is 483 g/mol. The highest BCUT2D eigenvalue weighted by Gasteiger charge is 2.18. The predicted molar refractivity (Wildman–Crippen MR) is 146 cm³/mol. The number of ketones is 1. The first-order valence-corrected chi connectivity index (χ1v) is 12.4. The average Bonchev–Trinajstić information content (AvgIpc) is 2.92. The molecule has 0 aliphatic carbocycles. The van der Waals surface area contributed by atoms with E-state index in [0.29, 0.717) is 13.0 Å². The van der Waals surface area contributed by atoms with Crippen molar-refractivity contribution in [2.24, 2.45) is 0 Å². The smallest absolute Gasteiger partial charge is 0.131 e. The molecule has 1 atom stereocenters. The lowest BCUT2D eigenvalue weighted by Gasteiger charge is -2.37. The quantitative estimate of drug-likeness (QED) is 0.367. The molecule has 5 nitrogen and oxygen atoms in total. The van der Waals surface area contributed by atoms with Crippen LogP contribution in [0.1, 0.15) is 37.3 Å². The molecule has 1 saturated heterocycles. The van der Waals surface area contributed by atoms with Crippen LogP contribution in [0.15, 0.2) is 72.8 Å². The third-order valence-corrected chi connectivity index (χ3v) is 6.49. The number of hydrogen-bond acceptors (Lipinski definition) is 5. The molecule has 0 bridgehead atoms. The molecular formula is C31H34N2O3. The Kier molecular flexibility index (Phi) is 8.52. The van der Waals surface area contributed by atoms with Gasteiger partial charge in [-0.3, -0.25) is 4.79 Å². The molecule has 1 aliphatic rings. The maximum atomic E-state index is 11.6. The van der Waals surface area contributed by atoms with Gasteiger partial charge < -0.3 is 19.3 Å². The van der Waals surface area contributed by atoms with Crippen LogP contribution in [0.5, 0.6) is 11.5 Å². The number of hydrogen-bond donors (Lipinski definition) is 0. The Morgan fingerprint density at radius 3 is 2.14 bits per heavy atom. The number of methoxy groups -OCH3 is 1. The number of carbonyl (C=O) groups is 1. The Morgan fingerprint density at radius 1 is 0.889 bits per heavy atom. The number of nitrogens with zero attached hydrogens (tertiary/aromatic N) is 2. The first-order chi connectivity index (χ1) is 17.6. The molecule has 3 aromatic rings. The second kappa shape index (κ2) is 12.2. The Labute approximate surface area is 214 Å². The van der Waals surface area contributed by atoms with Crippen LogP contribution in [0.3, 0.4) is 0 Å². The molecule has 0 aromatic heterocycles. The maximum absolute atomic E-state index is 11.6. The zero-order chi connectivity index (χ0) is 25.3. The van der Waals surface area contributed by atoms with E-state index in [4.69, 9.17) is 9.47 Å². The molecule has 5 heteroatoms. The summed E-state index contributed by atoms with van der Waals surface area (Å²) in [4.78, 5) is 16.4. The van der Waals surface area contributed by atoms with Crippen LogP contribution in [0.2, 0.25) is 0 Å². The number of benzene rings is 3. The predicted octanol–water partition coefficient (Wildman–Crippen LogP) is 5.69. The highest BCUT2D eigenvalue weighted by Crippen LogP contribution is 2.25. The minimum Gasteiger partial charge on any atom is -0.497 e. The topological polar surface area (TPSA) is 42.0 Å². The molecule has 1 heterocycles. The lowest BCUT2D eigenvalue weighted by molar-refractivity contribution is -0.117. The summed E-state index contributed by atoms with van der Waals surface area (Å²) in [7, 11) is 1.69. The van der Waals surface area contributed by atoms with Crippen molar-refractivity contribution in [3.63, 3.8) is 0 Å². The highest BCUT2D eigenvalue weighted by molar-refractivity contribution is 5.77. The standard InChI is InChI=1S/C31H34N2O3/c1-4-6-27(21-24(2)34)26-9-13-31(14-10-26)36-23-25-7-5-8-29(22-25)33-19-17-32(18-20-33)28-11-15-30(35-3)16-12-28/h5,7-16,22,27H,17-21,23H2,1-3H3/t27-/m0/s1. The van der Waals surface area contributed by atoms with E-state index in [2.05, 4.69) is 58.0 Å². The van der Waals surface area contributed by atoms with Gasteiger partial charge in [0.25, 0.3) is 0 Å². The molecule has 0 unspecified atom stereocenters. The van der Waals surface area contributed by atoms with Crippen molar-refractivity contribution in [3.05, 3.63) is 83.9 Å². The van der Waals surface area contributed by atoms with Crippen molar-refractivity contribution in [2.45, 2.75) is 32.8 Å². The number of piperazine rings is 1. The molecule has 36 heavy (non-hydrogen) atoms. The zero-order valence-corrected chi connectivity index (χ0v) is 21.4. The normalized spacial score (nSPS) is 14.0. The fourth-order valence-corrected chi connectivity index (χ4v) is 4.54. The Morgan fingerprint density at radius 2 is 1.53 bits per heavy atom. The molecule has 4 rings (SSSR count). The first-order valence-electron chi connectivity index (χ1n) is 12.4. The van der Waals surface area contributed by atoms with Crippen LogP contribution in [-0.4, -0.2) is 39.1 Å². The molecule has 186 valence electrons. The van der Waals surface area contributed by atoms with E-state index in [1.807, 2.05) is 36.4 Å². The van der Waals surface area contributed by atoms with Crippen LogP contribution in [0.4, 0.5) is 11.4 Å². The van der Waals surface area contributed by atoms with Crippen LogP contribution in [0.25, 0.3) is 0 Å². The van der Waals surface area contributed by atoms with Gasteiger partial charge in [0.2, 0.25) is 0 Å². The summed E-state index contributed by atoms with van der Waals surface area (Å²) in [5, 5.41) is 0. The van der Waals surface area contributed by atoms with Crippen molar-refractivity contribution in [1.29, 1.82) is 0 Å². The van der Waals surface area contributed by atoms with Crippen molar-refractivity contribution < 1.29 is 14.3 Å². The lowest BCUT2D eigenvalue weighted by atomic mass is 9.94. The van der Waals surface area contributed by atoms with Gasteiger partial charge in [0.05, 0.1) is 13.0 Å². The van der Waals surface area contributed by atoms with Crippen LogP contribution in [0, 0.1) is 11.8 Å². The van der Waals surface area contributed by atoms with E-state index >= 15 is 0 Å². The summed E-state index contributed by atoms with van der Waals surface area (Å²) in [5.74, 6) is 7.84. The van der Waals surface area contributed by atoms with Gasteiger partial charge in [0, 0.05) is 44.0 Å². The van der Waals surface area contributed by atoms with Gasteiger partial charge >= 0.3 is 0 Å². The number of rotatable bonds is 9. The second-order valence-corrected chi connectivity index (χ2v) is 9.05. The van der Waals surface area contributed by atoms with Gasteiger partial charge in [-0.15, -0.1) is 5.92 Å². The van der Waals surface area contributed by atoms with Gasteiger partial charge in [-0.25, -0.2) is 0 Å². The number of Topliss-reactive ketones (excluding diaryl/α,β-unsaturated/α-hetero) is 1. The Hall–Kier alpha value is -3.91.